The van der Waals surface area contributed by atoms with Gasteiger partial charge in [0.05, 0.1) is 6.10 Å². The fourth-order valence-electron chi connectivity index (χ4n) is 0. The third-order valence-electron chi connectivity index (χ3n) is 0.453. The van der Waals surface area contributed by atoms with Gasteiger partial charge in [0.1, 0.15) is 0 Å². The van der Waals surface area contributed by atoms with Gasteiger partial charge in [-0.1, -0.05) is 22.5 Å². The maximum atomic E-state index is 9.00. The zero-order valence-corrected chi connectivity index (χ0v) is 7.55. The molecule has 0 fully saturated rings. The molecule has 0 aromatic carbocycles. The summed E-state index contributed by atoms with van der Waals surface area (Å²) in [7, 11) is 0. The normalized spacial score (nSPS) is 10.8. The second-order valence-electron chi connectivity index (χ2n) is 1.64. The largest absolute Gasteiger partial charge is 0.481 e. The lowest BCUT2D eigenvalue weighted by molar-refractivity contribution is -0.134. The Morgan fingerprint density at radius 3 is 1.80 bits per heavy atom. The Kier molecular flexibility index (Phi) is 8.35. The van der Waals surface area contributed by atoms with Gasteiger partial charge in [0.25, 0.3) is 5.97 Å². The molecule has 0 amide bonds. The molecule has 2 N–H and O–H groups in total. The average molecular weight is 211 g/mol. The van der Waals surface area contributed by atoms with Crippen molar-refractivity contribution in [3.63, 3.8) is 0 Å². The van der Waals surface area contributed by atoms with E-state index in [1.54, 1.807) is 6.92 Å². The van der Waals surface area contributed by atoms with Crippen LogP contribution in [0.5, 0.6) is 0 Å². The highest BCUT2D eigenvalue weighted by Crippen LogP contribution is 2.04. The molecule has 1 atom stereocenters. The molecule has 0 aromatic rings. The van der Waals surface area contributed by atoms with Crippen LogP contribution in [0.3, 0.4) is 0 Å². The van der Waals surface area contributed by atoms with Crippen molar-refractivity contribution >= 4 is 21.9 Å². The van der Waals surface area contributed by atoms with E-state index < -0.39 is 12.1 Å². The Morgan fingerprint density at radius 1 is 1.70 bits per heavy atom. The van der Waals surface area contributed by atoms with Crippen LogP contribution in [-0.2, 0) is 4.79 Å². The zero-order valence-electron chi connectivity index (χ0n) is 5.97. The number of rotatable bonds is 1. The molecular formula is C6H11BrO3. The van der Waals surface area contributed by atoms with Gasteiger partial charge in [0, 0.05) is 11.4 Å². The van der Waals surface area contributed by atoms with E-state index in [9.17, 15) is 0 Å². The van der Waals surface area contributed by atoms with Gasteiger partial charge in [-0.25, -0.2) is 0 Å². The fourth-order valence-corrected chi connectivity index (χ4v) is 0. The maximum absolute atomic E-state index is 9.00. The topological polar surface area (TPSA) is 57.5 Å². The fraction of sp³-hybridized carbons (Fsp3) is 0.500. The molecular weight excluding hydrogens is 200 g/mol. The Bertz CT molecular complexity index is 116. The Balaban J connectivity index is 0. The zero-order chi connectivity index (χ0) is 8.73. The van der Waals surface area contributed by atoms with Gasteiger partial charge in [0.2, 0.25) is 0 Å². The molecule has 4 heteroatoms. The molecule has 0 heterocycles. The van der Waals surface area contributed by atoms with Crippen LogP contribution in [0.4, 0.5) is 0 Å². The molecule has 0 saturated heterocycles. The van der Waals surface area contributed by atoms with Gasteiger partial charge >= 0.3 is 0 Å². The number of hydrogen-bond donors (Lipinski definition) is 2. The van der Waals surface area contributed by atoms with Gasteiger partial charge in [-0.05, 0) is 6.92 Å². The summed E-state index contributed by atoms with van der Waals surface area (Å²) in [5.41, 5.74) is 0. The van der Waals surface area contributed by atoms with E-state index >= 15 is 0 Å². The van der Waals surface area contributed by atoms with Crippen LogP contribution < -0.4 is 0 Å². The molecule has 60 valence electrons. The van der Waals surface area contributed by atoms with E-state index in [-0.39, 0.29) is 0 Å². The van der Waals surface area contributed by atoms with E-state index in [0.717, 1.165) is 6.92 Å². The lowest BCUT2D eigenvalue weighted by atomic mass is 10.4. The first kappa shape index (κ1) is 12.3. The minimum Gasteiger partial charge on any atom is -0.481 e. The summed E-state index contributed by atoms with van der Waals surface area (Å²) in [5.74, 6) is -0.833. The number of aliphatic hydroxyl groups excluding tert-OH is 1. The Labute approximate surface area is 68.5 Å². The third-order valence-corrected chi connectivity index (χ3v) is 1.12. The van der Waals surface area contributed by atoms with Crippen LogP contribution in [0.1, 0.15) is 13.8 Å². The third kappa shape index (κ3) is 25.4. The number of carboxylic acid groups (broad SMARTS) is 1. The van der Waals surface area contributed by atoms with Gasteiger partial charge in [-0.3, -0.25) is 4.79 Å². The standard InChI is InChI=1S/C4H7BrO.C2H4O2/c1-3(5)4(2)6;1-2(3)4/h4,6H,1H2,2H3;1H3,(H,3,4). The van der Waals surface area contributed by atoms with E-state index in [1.807, 2.05) is 0 Å². The van der Waals surface area contributed by atoms with Crippen molar-refractivity contribution in [1.82, 2.24) is 0 Å². The second kappa shape index (κ2) is 6.77. The van der Waals surface area contributed by atoms with Crippen LogP contribution in [0.15, 0.2) is 11.1 Å². The number of halogens is 1. The molecule has 0 rings (SSSR count). The monoisotopic (exact) mass is 210 g/mol. The van der Waals surface area contributed by atoms with Crippen molar-refractivity contribution in [2.24, 2.45) is 0 Å². The summed E-state index contributed by atoms with van der Waals surface area (Å²) in [6.07, 6.45) is -0.426. The minimum absolute atomic E-state index is 0.426. The molecule has 0 bridgehead atoms. The molecule has 0 saturated carbocycles. The number of carbonyl (C=O) groups is 1. The van der Waals surface area contributed by atoms with Gasteiger partial charge < -0.3 is 10.2 Å². The summed E-state index contributed by atoms with van der Waals surface area (Å²) < 4.78 is 0.627. The molecule has 1 unspecified atom stereocenters. The van der Waals surface area contributed by atoms with Crippen molar-refractivity contribution in [3.8, 4) is 0 Å². The molecule has 0 spiro atoms. The van der Waals surface area contributed by atoms with Crippen molar-refractivity contribution in [3.05, 3.63) is 11.1 Å². The molecule has 3 nitrogen and oxygen atoms in total. The highest BCUT2D eigenvalue weighted by Gasteiger charge is 1.91. The number of aliphatic carboxylic acids is 1. The van der Waals surface area contributed by atoms with Crippen molar-refractivity contribution in [2.75, 3.05) is 0 Å². The summed E-state index contributed by atoms with van der Waals surface area (Å²) >= 11 is 2.99. The number of aliphatic hydroxyl groups is 1. The molecule has 10 heavy (non-hydrogen) atoms. The van der Waals surface area contributed by atoms with Crippen LogP contribution in [0.2, 0.25) is 0 Å². The van der Waals surface area contributed by atoms with E-state index in [0.29, 0.717) is 4.48 Å². The van der Waals surface area contributed by atoms with Crippen LogP contribution in [-0.4, -0.2) is 22.3 Å². The predicted molar refractivity (Wildman–Crippen MR) is 43.1 cm³/mol. The van der Waals surface area contributed by atoms with Crippen molar-refractivity contribution in [1.29, 1.82) is 0 Å². The summed E-state index contributed by atoms with van der Waals surface area (Å²) in [4.78, 5) is 9.00. The van der Waals surface area contributed by atoms with Gasteiger partial charge in [-0.2, -0.15) is 0 Å². The SMILES string of the molecule is C=C(Br)C(C)O.CC(=O)O. The molecule has 0 radical (unpaired) electrons. The van der Waals surface area contributed by atoms with E-state index in [4.69, 9.17) is 15.0 Å². The lowest BCUT2D eigenvalue weighted by Crippen LogP contribution is -1.95. The second-order valence-corrected chi connectivity index (χ2v) is 2.66. The van der Waals surface area contributed by atoms with Crippen LogP contribution in [0, 0.1) is 0 Å². The Morgan fingerprint density at radius 2 is 1.80 bits per heavy atom. The van der Waals surface area contributed by atoms with E-state index in [1.165, 1.54) is 0 Å². The minimum atomic E-state index is -0.833. The predicted octanol–water partition coefficient (Wildman–Crippen LogP) is 1.37. The summed E-state index contributed by atoms with van der Waals surface area (Å²) in [6, 6.07) is 0. The molecule has 0 aliphatic rings. The molecule has 0 aliphatic carbocycles. The van der Waals surface area contributed by atoms with Crippen LogP contribution in [0.25, 0.3) is 0 Å². The molecule has 0 aliphatic heterocycles. The highest BCUT2D eigenvalue weighted by atomic mass is 79.9. The molecule has 0 aromatic heterocycles. The van der Waals surface area contributed by atoms with Crippen LogP contribution >= 0.6 is 15.9 Å². The smallest absolute Gasteiger partial charge is 0.300 e. The Hall–Kier alpha value is -0.350. The number of hydrogen-bond acceptors (Lipinski definition) is 2. The van der Waals surface area contributed by atoms with Crippen molar-refractivity contribution < 1.29 is 15.0 Å². The lowest BCUT2D eigenvalue weighted by Gasteiger charge is -1.94. The summed E-state index contributed by atoms with van der Waals surface area (Å²) in [6.45, 7) is 6.15. The van der Waals surface area contributed by atoms with Crippen molar-refractivity contribution in [2.45, 2.75) is 20.0 Å². The summed E-state index contributed by atoms with van der Waals surface area (Å²) in [5, 5.41) is 15.9. The van der Waals surface area contributed by atoms with Gasteiger partial charge in [-0.15, -0.1) is 0 Å². The quantitative estimate of drug-likeness (QED) is 0.688. The highest BCUT2D eigenvalue weighted by molar-refractivity contribution is 9.11. The first-order valence-electron chi connectivity index (χ1n) is 2.59. The van der Waals surface area contributed by atoms with E-state index in [2.05, 4.69) is 22.5 Å². The first-order valence-corrected chi connectivity index (χ1v) is 3.39. The number of carboxylic acids is 1. The maximum Gasteiger partial charge on any atom is 0.300 e. The van der Waals surface area contributed by atoms with Gasteiger partial charge in [0.15, 0.2) is 0 Å². The average Bonchev–Trinajstić information content (AvgIpc) is 1.63. The first-order chi connectivity index (χ1) is 4.37.